The molecule has 0 aliphatic heterocycles. The van der Waals surface area contributed by atoms with Gasteiger partial charge in [0.15, 0.2) is 5.15 Å². The molecule has 0 saturated carbocycles. The molecule has 0 amide bonds. The molecule has 1 heterocycles. The van der Waals surface area contributed by atoms with Crippen LogP contribution in [0.3, 0.4) is 0 Å². The van der Waals surface area contributed by atoms with Crippen LogP contribution in [0, 0.1) is 0 Å². The number of nitrogens with two attached hydrogens (primary N) is 1. The van der Waals surface area contributed by atoms with Gasteiger partial charge in [0.2, 0.25) is 0 Å². The van der Waals surface area contributed by atoms with Gasteiger partial charge in [-0.05, 0) is 0 Å². The number of oxime groups is 1. The van der Waals surface area contributed by atoms with Gasteiger partial charge in [0.05, 0.1) is 12.4 Å². The van der Waals surface area contributed by atoms with E-state index in [9.17, 15) is 4.79 Å². The van der Waals surface area contributed by atoms with E-state index in [1.54, 1.807) is 0 Å². The van der Waals surface area contributed by atoms with Gasteiger partial charge >= 0.3 is 5.97 Å². The van der Waals surface area contributed by atoms with Crippen molar-refractivity contribution in [2.45, 2.75) is 6.92 Å². The first-order valence-electron chi connectivity index (χ1n) is 3.58. The Kier molecular flexibility index (Phi) is 3.35. The monoisotopic (exact) mass is 214 g/mol. The van der Waals surface area contributed by atoms with E-state index in [0.29, 0.717) is 0 Å². The zero-order valence-electron chi connectivity index (χ0n) is 7.27. The molecule has 0 radical (unpaired) electrons. The minimum Gasteiger partial charge on any atom is -0.382 e. The maximum Gasteiger partial charge on any atom is 0.331 e. The van der Waals surface area contributed by atoms with Crippen LogP contribution in [0.5, 0.6) is 0 Å². The molecule has 0 spiro atoms. The quantitative estimate of drug-likeness (QED) is 0.443. The van der Waals surface area contributed by atoms with E-state index in [4.69, 9.17) is 17.3 Å². The van der Waals surface area contributed by atoms with Crippen molar-refractivity contribution in [2.24, 2.45) is 5.16 Å². The molecule has 6 nitrogen and oxygen atoms in total. The minimum absolute atomic E-state index is 0.0981. The van der Waals surface area contributed by atoms with Gasteiger partial charge in [0.25, 0.3) is 0 Å². The van der Waals surface area contributed by atoms with E-state index >= 15 is 0 Å². The zero-order chi connectivity index (χ0) is 10.6. The van der Waals surface area contributed by atoms with Crippen molar-refractivity contribution in [3.8, 4) is 0 Å². The first-order valence-corrected chi connectivity index (χ1v) is 3.96. The predicted molar refractivity (Wildman–Crippen MR) is 50.8 cm³/mol. The normalized spacial score (nSPS) is 10.4. The Balaban J connectivity index is 2.76. The van der Waals surface area contributed by atoms with E-state index < -0.39 is 5.97 Å². The van der Waals surface area contributed by atoms with Crippen molar-refractivity contribution in [3.05, 3.63) is 17.0 Å². The first kappa shape index (κ1) is 10.4. The third kappa shape index (κ3) is 2.98. The topological polar surface area (TPSA) is 90.5 Å². The Bertz CT molecular complexity index is 380. The number of nitrogens with zero attached hydrogens (tertiary/aromatic N) is 3. The number of rotatable bonds is 2. The van der Waals surface area contributed by atoms with Gasteiger partial charge in [-0.25, -0.2) is 14.8 Å². The fourth-order valence-corrected chi connectivity index (χ4v) is 0.821. The molecule has 1 aromatic heterocycles. The summed E-state index contributed by atoms with van der Waals surface area (Å²) in [4.78, 5) is 22.2. The summed E-state index contributed by atoms with van der Waals surface area (Å²) in [5, 5.41) is 3.43. The van der Waals surface area contributed by atoms with Crippen LogP contribution in [0.1, 0.15) is 12.6 Å². The number of halogens is 1. The largest absolute Gasteiger partial charge is 0.382 e. The summed E-state index contributed by atoms with van der Waals surface area (Å²) >= 11 is 5.66. The number of hydrogen-bond donors (Lipinski definition) is 1. The van der Waals surface area contributed by atoms with E-state index in [1.807, 2.05) is 0 Å². The van der Waals surface area contributed by atoms with Gasteiger partial charge in [0, 0.05) is 6.92 Å². The fourth-order valence-electron chi connectivity index (χ4n) is 0.626. The molecule has 14 heavy (non-hydrogen) atoms. The maximum atomic E-state index is 10.3. The fraction of sp³-hybridized carbons (Fsp3) is 0.143. The minimum atomic E-state index is -0.527. The zero-order valence-corrected chi connectivity index (χ0v) is 8.02. The van der Waals surface area contributed by atoms with Crippen molar-refractivity contribution in [1.82, 2.24) is 9.97 Å². The van der Waals surface area contributed by atoms with Crippen LogP contribution in [0.15, 0.2) is 11.4 Å². The molecule has 0 fully saturated rings. The standard InChI is InChI=1S/C7H7ClN4O2/c1-4(13)14-11-2-5-7(8)12-6(9)3-10-5/h2-3H,1H3,(H2,9,12). The molecule has 0 aliphatic rings. The highest BCUT2D eigenvalue weighted by Gasteiger charge is 2.01. The molecule has 2 N–H and O–H groups in total. The van der Waals surface area contributed by atoms with E-state index in [0.717, 1.165) is 0 Å². The number of anilines is 1. The molecular formula is C7H7ClN4O2. The van der Waals surface area contributed by atoms with Gasteiger partial charge in [-0.3, -0.25) is 0 Å². The Morgan fingerprint density at radius 3 is 3.07 bits per heavy atom. The Morgan fingerprint density at radius 2 is 2.50 bits per heavy atom. The average molecular weight is 215 g/mol. The Hall–Kier alpha value is -1.69. The van der Waals surface area contributed by atoms with Crippen LogP contribution < -0.4 is 5.73 Å². The summed E-state index contributed by atoms with van der Waals surface area (Å²) in [5.41, 5.74) is 5.60. The highest BCUT2D eigenvalue weighted by atomic mass is 35.5. The highest BCUT2D eigenvalue weighted by Crippen LogP contribution is 2.09. The summed E-state index contributed by atoms with van der Waals surface area (Å²) in [5.74, 6) is -0.319. The third-order valence-corrected chi connectivity index (χ3v) is 1.41. The van der Waals surface area contributed by atoms with Crippen LogP contribution in [0.25, 0.3) is 0 Å². The number of nitrogen functional groups attached to an aromatic ring is 1. The lowest BCUT2D eigenvalue weighted by Crippen LogP contribution is -1.98. The SMILES string of the molecule is CC(=O)ON=Cc1ncc(N)nc1Cl. The molecule has 1 rings (SSSR count). The summed E-state index contributed by atoms with van der Waals surface area (Å²) in [6.45, 7) is 1.23. The lowest BCUT2D eigenvalue weighted by Gasteiger charge is -1.96. The van der Waals surface area contributed by atoms with Crippen molar-refractivity contribution in [1.29, 1.82) is 0 Å². The molecule has 0 atom stereocenters. The summed E-state index contributed by atoms with van der Waals surface area (Å²) < 4.78 is 0. The van der Waals surface area contributed by atoms with Crippen LogP contribution in [-0.4, -0.2) is 22.2 Å². The predicted octanol–water partition coefficient (Wildman–Crippen LogP) is 0.609. The van der Waals surface area contributed by atoms with Crippen molar-refractivity contribution in [2.75, 3.05) is 5.73 Å². The van der Waals surface area contributed by atoms with Gasteiger partial charge in [-0.2, -0.15) is 0 Å². The van der Waals surface area contributed by atoms with Gasteiger partial charge in [-0.15, -0.1) is 0 Å². The Labute approximate surface area is 84.7 Å². The molecule has 0 aromatic carbocycles. The van der Waals surface area contributed by atoms with Gasteiger partial charge in [-0.1, -0.05) is 16.8 Å². The second kappa shape index (κ2) is 4.52. The lowest BCUT2D eigenvalue weighted by atomic mass is 10.5. The molecular weight excluding hydrogens is 208 g/mol. The number of carbonyl (C=O) groups is 1. The van der Waals surface area contributed by atoms with Crippen molar-refractivity contribution in [3.63, 3.8) is 0 Å². The molecule has 0 aliphatic carbocycles. The highest BCUT2D eigenvalue weighted by molar-refractivity contribution is 6.31. The second-order valence-corrected chi connectivity index (χ2v) is 2.65. The lowest BCUT2D eigenvalue weighted by molar-refractivity contribution is -0.140. The Morgan fingerprint density at radius 1 is 1.79 bits per heavy atom. The molecule has 74 valence electrons. The van der Waals surface area contributed by atoms with Crippen LogP contribution in [0.4, 0.5) is 5.82 Å². The third-order valence-electron chi connectivity index (χ3n) is 1.13. The second-order valence-electron chi connectivity index (χ2n) is 2.29. The van der Waals surface area contributed by atoms with Crippen molar-refractivity contribution < 1.29 is 9.63 Å². The van der Waals surface area contributed by atoms with Gasteiger partial charge in [0.1, 0.15) is 11.5 Å². The van der Waals surface area contributed by atoms with E-state index in [2.05, 4.69) is 20.0 Å². The van der Waals surface area contributed by atoms with Crippen LogP contribution >= 0.6 is 11.6 Å². The molecule has 0 saturated heterocycles. The molecule has 1 aromatic rings. The van der Waals surface area contributed by atoms with Crippen molar-refractivity contribution >= 4 is 29.6 Å². The van der Waals surface area contributed by atoms with Crippen LogP contribution in [0.2, 0.25) is 5.15 Å². The summed E-state index contributed by atoms with van der Waals surface area (Å²) in [6, 6.07) is 0. The first-order chi connectivity index (χ1) is 6.59. The smallest absolute Gasteiger partial charge is 0.331 e. The molecule has 0 bridgehead atoms. The maximum absolute atomic E-state index is 10.3. The molecule has 7 heteroatoms. The number of aromatic nitrogens is 2. The van der Waals surface area contributed by atoms with E-state index in [-0.39, 0.29) is 16.7 Å². The van der Waals surface area contributed by atoms with Gasteiger partial charge < -0.3 is 10.6 Å². The van der Waals surface area contributed by atoms with Crippen LogP contribution in [-0.2, 0) is 9.63 Å². The summed E-state index contributed by atoms with van der Waals surface area (Å²) in [7, 11) is 0. The number of hydrogen-bond acceptors (Lipinski definition) is 6. The summed E-state index contributed by atoms with van der Waals surface area (Å²) in [6.07, 6.45) is 2.50. The number of carbonyl (C=O) groups excluding carboxylic acids is 1. The average Bonchev–Trinajstić information content (AvgIpc) is 2.08. The van der Waals surface area contributed by atoms with E-state index in [1.165, 1.54) is 19.3 Å². The molecule has 0 unspecified atom stereocenters.